The Balaban J connectivity index is 1.69. The third-order valence-corrected chi connectivity index (χ3v) is 5.41. The number of hydrogen-bond acceptors (Lipinski definition) is 5. The summed E-state index contributed by atoms with van der Waals surface area (Å²) < 4.78 is 23.5. The zero-order valence-electron chi connectivity index (χ0n) is 12.9. The summed E-state index contributed by atoms with van der Waals surface area (Å²) in [4.78, 5) is 37.2. The number of sulfone groups is 1. The summed E-state index contributed by atoms with van der Waals surface area (Å²) >= 11 is 0. The fraction of sp³-hybridized carbons (Fsp3) is 0.400. The molecule has 3 amide bonds. The minimum Gasteiger partial charge on any atom is -0.351 e. The van der Waals surface area contributed by atoms with Crippen LogP contribution in [0.3, 0.4) is 0 Å². The van der Waals surface area contributed by atoms with Gasteiger partial charge >= 0.3 is 0 Å². The molecule has 0 bridgehead atoms. The van der Waals surface area contributed by atoms with Gasteiger partial charge in [-0.25, -0.2) is 8.42 Å². The molecule has 2 heterocycles. The van der Waals surface area contributed by atoms with Gasteiger partial charge in [0.05, 0.1) is 12.5 Å². The SMILES string of the molecule is CS(=O)(=O)C1C(=O)NC[C@@H]2C(NC(=O)Cc3ccccc3)C(=O)N12. The zero-order valence-corrected chi connectivity index (χ0v) is 13.7. The van der Waals surface area contributed by atoms with E-state index in [4.69, 9.17) is 0 Å². The minimum atomic E-state index is -3.76. The molecule has 2 unspecified atom stereocenters. The van der Waals surface area contributed by atoms with E-state index in [2.05, 4.69) is 10.6 Å². The van der Waals surface area contributed by atoms with Crippen molar-refractivity contribution >= 4 is 27.6 Å². The number of piperazine rings is 1. The second-order valence-electron chi connectivity index (χ2n) is 5.95. The van der Waals surface area contributed by atoms with Crippen LogP contribution in [0.1, 0.15) is 5.56 Å². The van der Waals surface area contributed by atoms with E-state index in [1.54, 1.807) is 12.1 Å². The minimum absolute atomic E-state index is 0.118. The number of nitrogens with zero attached hydrogens (tertiary/aromatic N) is 1. The average Bonchev–Trinajstić information content (AvgIpc) is 2.52. The van der Waals surface area contributed by atoms with E-state index >= 15 is 0 Å². The largest absolute Gasteiger partial charge is 0.351 e. The number of amides is 3. The van der Waals surface area contributed by atoms with Gasteiger partial charge in [0, 0.05) is 12.8 Å². The first kappa shape index (κ1) is 16.4. The average molecular weight is 351 g/mol. The molecular weight excluding hydrogens is 334 g/mol. The van der Waals surface area contributed by atoms with Crippen LogP contribution in [0.25, 0.3) is 0 Å². The second-order valence-corrected chi connectivity index (χ2v) is 8.05. The van der Waals surface area contributed by atoms with Crippen molar-refractivity contribution in [2.75, 3.05) is 12.8 Å². The van der Waals surface area contributed by atoms with Gasteiger partial charge in [0.2, 0.25) is 17.2 Å². The first-order valence-corrected chi connectivity index (χ1v) is 9.36. The molecule has 0 aromatic heterocycles. The van der Waals surface area contributed by atoms with E-state index in [0.717, 1.165) is 16.7 Å². The molecule has 0 aliphatic carbocycles. The summed E-state index contributed by atoms with van der Waals surface area (Å²) in [5.41, 5.74) is 0.810. The van der Waals surface area contributed by atoms with Crippen LogP contribution in [0.5, 0.6) is 0 Å². The molecule has 2 saturated heterocycles. The summed E-state index contributed by atoms with van der Waals surface area (Å²) in [5.74, 6) is -1.59. The maximum atomic E-state index is 12.3. The van der Waals surface area contributed by atoms with Crippen LogP contribution in [0.15, 0.2) is 30.3 Å². The molecule has 1 aromatic rings. The van der Waals surface area contributed by atoms with Gasteiger partial charge in [-0.3, -0.25) is 14.4 Å². The standard InChI is InChI=1S/C15H17N3O5S/c1-24(22,23)15-13(20)16-8-10-12(14(21)18(10)15)17-11(19)7-9-5-3-2-4-6-9/h2-6,10,12,15H,7-8H2,1H3,(H,16,20)(H,17,19)/t10-,12?,15?/m1/s1. The van der Waals surface area contributed by atoms with Crippen LogP contribution >= 0.6 is 0 Å². The number of benzene rings is 1. The molecule has 2 aliphatic heterocycles. The molecule has 0 radical (unpaired) electrons. The Morgan fingerprint density at radius 1 is 1.29 bits per heavy atom. The number of fused-ring (bicyclic) bond motifs is 1. The Bertz CT molecular complexity index is 793. The molecule has 24 heavy (non-hydrogen) atoms. The van der Waals surface area contributed by atoms with E-state index in [1.807, 2.05) is 18.2 Å². The lowest BCUT2D eigenvalue weighted by Gasteiger charge is -2.52. The van der Waals surface area contributed by atoms with Crippen LogP contribution < -0.4 is 10.6 Å². The Hall–Kier alpha value is -2.42. The van der Waals surface area contributed by atoms with Crippen LogP contribution in [0.2, 0.25) is 0 Å². The number of carbonyl (C=O) groups excluding carboxylic acids is 3. The van der Waals surface area contributed by atoms with Gasteiger partial charge in [-0.1, -0.05) is 30.3 Å². The van der Waals surface area contributed by atoms with Crippen molar-refractivity contribution in [3.63, 3.8) is 0 Å². The number of carbonyl (C=O) groups is 3. The highest BCUT2D eigenvalue weighted by Gasteiger charge is 2.58. The maximum absolute atomic E-state index is 12.3. The second kappa shape index (κ2) is 5.90. The van der Waals surface area contributed by atoms with Crippen molar-refractivity contribution in [2.24, 2.45) is 0 Å². The normalized spacial score (nSPS) is 26.2. The molecule has 8 nitrogen and oxygen atoms in total. The van der Waals surface area contributed by atoms with E-state index in [0.29, 0.717) is 0 Å². The predicted octanol–water partition coefficient (Wildman–Crippen LogP) is -1.57. The maximum Gasteiger partial charge on any atom is 0.258 e. The molecule has 0 saturated carbocycles. The summed E-state index contributed by atoms with van der Waals surface area (Å²) in [6.07, 6.45) is 1.04. The molecule has 128 valence electrons. The highest BCUT2D eigenvalue weighted by atomic mass is 32.2. The van der Waals surface area contributed by atoms with Crippen LogP contribution in [-0.4, -0.2) is 61.3 Å². The van der Waals surface area contributed by atoms with E-state index in [1.165, 1.54) is 0 Å². The molecule has 0 spiro atoms. The monoisotopic (exact) mass is 351 g/mol. The zero-order chi connectivity index (χ0) is 17.5. The summed E-state index contributed by atoms with van der Waals surface area (Å²) in [6, 6.07) is 7.70. The fourth-order valence-electron chi connectivity index (χ4n) is 3.06. The van der Waals surface area contributed by atoms with Crippen LogP contribution in [-0.2, 0) is 30.6 Å². The van der Waals surface area contributed by atoms with Crippen molar-refractivity contribution < 1.29 is 22.8 Å². The molecule has 3 rings (SSSR count). The number of nitrogens with one attached hydrogen (secondary N) is 2. The molecule has 2 aliphatic rings. The Morgan fingerprint density at radius 3 is 2.58 bits per heavy atom. The van der Waals surface area contributed by atoms with Gasteiger partial charge in [-0.05, 0) is 5.56 Å². The highest BCUT2D eigenvalue weighted by molar-refractivity contribution is 7.92. The third-order valence-electron chi connectivity index (χ3n) is 4.15. The molecule has 2 N–H and O–H groups in total. The van der Waals surface area contributed by atoms with Gasteiger partial charge in [0.1, 0.15) is 6.04 Å². The van der Waals surface area contributed by atoms with Crippen LogP contribution in [0, 0.1) is 0 Å². The fourth-order valence-corrected chi connectivity index (χ4v) is 4.20. The summed E-state index contributed by atoms with van der Waals surface area (Å²) in [7, 11) is -3.76. The lowest BCUT2D eigenvalue weighted by Crippen LogP contribution is -2.80. The van der Waals surface area contributed by atoms with Crippen molar-refractivity contribution in [1.82, 2.24) is 15.5 Å². The lowest BCUT2D eigenvalue weighted by atomic mass is 9.92. The first-order valence-electron chi connectivity index (χ1n) is 7.41. The molecular formula is C15H17N3O5S. The first-order chi connectivity index (χ1) is 11.3. The van der Waals surface area contributed by atoms with E-state index in [-0.39, 0.29) is 18.9 Å². The van der Waals surface area contributed by atoms with Gasteiger partial charge in [0.15, 0.2) is 9.84 Å². The number of hydrogen-bond donors (Lipinski definition) is 2. The van der Waals surface area contributed by atoms with E-state index in [9.17, 15) is 22.8 Å². The molecule has 3 atom stereocenters. The smallest absolute Gasteiger partial charge is 0.258 e. The summed E-state index contributed by atoms with van der Waals surface area (Å²) in [6.45, 7) is 0.118. The van der Waals surface area contributed by atoms with Gasteiger partial charge in [-0.2, -0.15) is 0 Å². The van der Waals surface area contributed by atoms with E-state index < -0.39 is 39.1 Å². The topological polar surface area (TPSA) is 113 Å². The third kappa shape index (κ3) is 2.86. The Morgan fingerprint density at radius 2 is 1.96 bits per heavy atom. The Kier molecular flexibility index (Phi) is 4.04. The number of rotatable bonds is 4. The quantitative estimate of drug-likeness (QED) is 0.636. The molecule has 2 fully saturated rings. The van der Waals surface area contributed by atoms with Crippen LogP contribution in [0.4, 0.5) is 0 Å². The van der Waals surface area contributed by atoms with Crippen molar-refractivity contribution in [3.05, 3.63) is 35.9 Å². The van der Waals surface area contributed by atoms with Crippen molar-refractivity contribution in [1.29, 1.82) is 0 Å². The van der Waals surface area contributed by atoms with Gasteiger partial charge in [0.25, 0.3) is 5.91 Å². The van der Waals surface area contributed by atoms with Crippen molar-refractivity contribution in [2.45, 2.75) is 23.9 Å². The highest BCUT2D eigenvalue weighted by Crippen LogP contribution is 2.28. The lowest BCUT2D eigenvalue weighted by molar-refractivity contribution is -0.161. The molecule has 9 heteroatoms. The number of β-lactam (4-membered cyclic amide) rings is 1. The van der Waals surface area contributed by atoms with Gasteiger partial charge < -0.3 is 15.5 Å². The molecule has 1 aromatic carbocycles. The Labute approximate surface area is 139 Å². The summed E-state index contributed by atoms with van der Waals surface area (Å²) in [5, 5.41) is 3.58. The van der Waals surface area contributed by atoms with Gasteiger partial charge in [-0.15, -0.1) is 0 Å². The predicted molar refractivity (Wildman–Crippen MR) is 84.4 cm³/mol. The van der Waals surface area contributed by atoms with Crippen molar-refractivity contribution in [3.8, 4) is 0 Å².